The lowest BCUT2D eigenvalue weighted by Crippen LogP contribution is -2.47. The zero-order valence-electron chi connectivity index (χ0n) is 18.1. The smallest absolute Gasteiger partial charge is 0.139 e. The molecule has 1 N–H and O–H groups in total. The molecule has 1 fully saturated rings. The number of hydrogen-bond donors (Lipinski definition) is 1. The Morgan fingerprint density at radius 2 is 2.19 bits per heavy atom. The van der Waals surface area contributed by atoms with Gasteiger partial charge < -0.3 is 24.6 Å². The topological polar surface area (TPSA) is 44.8 Å². The molecule has 3 aliphatic heterocycles. The van der Waals surface area contributed by atoms with Crippen LogP contribution in [0.3, 0.4) is 0 Å². The second-order valence-electron chi connectivity index (χ2n) is 8.79. The van der Waals surface area contributed by atoms with E-state index in [2.05, 4.69) is 33.3 Å². The van der Waals surface area contributed by atoms with E-state index in [0.717, 1.165) is 67.7 Å². The van der Waals surface area contributed by atoms with Gasteiger partial charge in [0, 0.05) is 44.1 Å². The molecule has 0 aromatic heterocycles. The minimum absolute atomic E-state index is 0.145. The Morgan fingerprint density at radius 3 is 3.03 bits per heavy atom. The molecule has 3 heterocycles. The Bertz CT molecular complexity index is 979. The molecule has 0 bridgehead atoms. The van der Waals surface area contributed by atoms with Crippen molar-refractivity contribution >= 4 is 17.7 Å². The summed E-state index contributed by atoms with van der Waals surface area (Å²) in [5.74, 6) is 1.04. The van der Waals surface area contributed by atoms with Crippen molar-refractivity contribution in [2.75, 3.05) is 50.1 Å². The maximum Gasteiger partial charge on any atom is 0.139 e. The fourth-order valence-electron chi connectivity index (χ4n) is 5.75. The first-order valence-corrected chi connectivity index (χ1v) is 11.4. The number of fused-ring (bicyclic) bond motifs is 4. The third-order valence-corrected chi connectivity index (χ3v) is 7.16. The molecular formula is C25H30FN3O2. The first-order valence-electron chi connectivity index (χ1n) is 11.4. The van der Waals surface area contributed by atoms with Gasteiger partial charge in [0.15, 0.2) is 0 Å². The van der Waals surface area contributed by atoms with Crippen LogP contribution in [-0.4, -0.2) is 57.1 Å². The number of benzene rings is 2. The molecule has 0 amide bonds. The molecule has 2 aromatic carbocycles. The molecule has 0 spiro atoms. The highest BCUT2D eigenvalue weighted by Gasteiger charge is 2.42. The van der Waals surface area contributed by atoms with Gasteiger partial charge in [0.05, 0.1) is 24.5 Å². The molecule has 5 nitrogen and oxygen atoms in total. The van der Waals surface area contributed by atoms with E-state index in [1.54, 1.807) is 6.07 Å². The summed E-state index contributed by atoms with van der Waals surface area (Å²) in [4.78, 5) is 16.2. The minimum atomic E-state index is -0.145. The number of halogens is 1. The first-order chi connectivity index (χ1) is 15.2. The maximum absolute atomic E-state index is 14.4. The van der Waals surface area contributed by atoms with Crippen LogP contribution in [0.4, 0.5) is 15.8 Å². The largest absolute Gasteiger partial charge is 0.493 e. The van der Waals surface area contributed by atoms with E-state index in [4.69, 9.17) is 4.74 Å². The van der Waals surface area contributed by atoms with Crippen LogP contribution in [0.25, 0.3) is 0 Å². The van der Waals surface area contributed by atoms with Gasteiger partial charge in [0.25, 0.3) is 0 Å². The van der Waals surface area contributed by atoms with Crippen molar-refractivity contribution < 1.29 is 13.9 Å². The van der Waals surface area contributed by atoms with Gasteiger partial charge in [-0.2, -0.15) is 0 Å². The van der Waals surface area contributed by atoms with Gasteiger partial charge in [-0.15, -0.1) is 0 Å². The van der Waals surface area contributed by atoms with Gasteiger partial charge in [0.2, 0.25) is 0 Å². The summed E-state index contributed by atoms with van der Waals surface area (Å²) in [6.45, 7) is 4.02. The van der Waals surface area contributed by atoms with E-state index in [1.807, 2.05) is 13.1 Å². The van der Waals surface area contributed by atoms with Gasteiger partial charge in [-0.3, -0.25) is 0 Å². The fourth-order valence-corrected chi connectivity index (χ4v) is 5.75. The van der Waals surface area contributed by atoms with Crippen LogP contribution in [0.5, 0.6) is 5.75 Å². The Balaban J connectivity index is 1.28. The van der Waals surface area contributed by atoms with Gasteiger partial charge in [0.1, 0.15) is 17.9 Å². The number of carbonyl (C=O) groups is 1. The first kappa shape index (κ1) is 20.3. The SMILES string of the molecule is CNc1cccc2c1N(CC=O)C1CCN(CCCc3c(F)ccc4c3OCC4)CC21. The molecule has 5 rings (SSSR count). The van der Waals surface area contributed by atoms with Crippen molar-refractivity contribution in [1.29, 1.82) is 0 Å². The molecule has 0 saturated carbocycles. The molecule has 6 heteroatoms. The van der Waals surface area contributed by atoms with Crippen LogP contribution in [-0.2, 0) is 17.6 Å². The molecule has 31 heavy (non-hydrogen) atoms. The number of nitrogens with zero attached hydrogens (tertiary/aromatic N) is 2. The number of likely N-dealkylation sites (tertiary alicyclic amines) is 1. The third kappa shape index (κ3) is 3.57. The van der Waals surface area contributed by atoms with E-state index in [0.29, 0.717) is 31.5 Å². The summed E-state index contributed by atoms with van der Waals surface area (Å²) in [6.07, 6.45) is 4.55. The van der Waals surface area contributed by atoms with Gasteiger partial charge >= 0.3 is 0 Å². The monoisotopic (exact) mass is 423 g/mol. The predicted octanol–water partition coefficient (Wildman–Crippen LogP) is 3.61. The van der Waals surface area contributed by atoms with Crippen molar-refractivity contribution in [2.45, 2.75) is 37.6 Å². The Kier molecular flexibility index (Phi) is 5.57. The van der Waals surface area contributed by atoms with Crippen LogP contribution in [0, 0.1) is 5.82 Å². The summed E-state index contributed by atoms with van der Waals surface area (Å²) < 4.78 is 20.1. The average Bonchev–Trinajstić information content (AvgIpc) is 3.39. The third-order valence-electron chi connectivity index (χ3n) is 7.16. The zero-order chi connectivity index (χ0) is 21.4. The number of para-hydroxylation sites is 1. The average molecular weight is 424 g/mol. The van der Waals surface area contributed by atoms with Crippen LogP contribution in [0.2, 0.25) is 0 Å². The lowest BCUT2D eigenvalue weighted by atomic mass is 9.88. The lowest BCUT2D eigenvalue weighted by Gasteiger charge is -2.38. The highest BCUT2D eigenvalue weighted by molar-refractivity contribution is 5.80. The van der Waals surface area contributed by atoms with Crippen molar-refractivity contribution in [3.05, 3.63) is 52.8 Å². The highest BCUT2D eigenvalue weighted by Crippen LogP contribution is 2.48. The molecule has 3 aliphatic rings. The number of ether oxygens (including phenoxy) is 1. The van der Waals surface area contributed by atoms with E-state index in [-0.39, 0.29) is 5.82 Å². The van der Waals surface area contributed by atoms with Crippen LogP contribution in [0.1, 0.15) is 35.4 Å². The number of hydrogen-bond acceptors (Lipinski definition) is 5. The highest BCUT2D eigenvalue weighted by atomic mass is 19.1. The second-order valence-corrected chi connectivity index (χ2v) is 8.79. The quantitative estimate of drug-likeness (QED) is 0.690. The number of piperidine rings is 1. The molecular weight excluding hydrogens is 393 g/mol. The number of nitrogens with one attached hydrogen (secondary N) is 1. The number of aldehydes is 1. The summed E-state index contributed by atoms with van der Waals surface area (Å²) in [5.41, 5.74) is 5.49. The van der Waals surface area contributed by atoms with Gasteiger partial charge in [-0.05, 0) is 49.1 Å². The second kappa shape index (κ2) is 8.50. The molecule has 2 aromatic rings. The molecule has 1 saturated heterocycles. The standard InChI is InChI=1S/C25H30FN3O2/c1-27-22-6-2-4-18-20-16-28(12-9-23(20)29(13-14-30)24(18)22)11-3-5-19-21(26)8-7-17-10-15-31-25(17)19/h2,4,6-8,14,20,23,27H,3,5,9-13,15-16H2,1H3. The molecule has 164 valence electrons. The summed E-state index contributed by atoms with van der Waals surface area (Å²) in [5, 5.41) is 3.30. The molecule has 0 aliphatic carbocycles. The number of anilines is 2. The van der Waals surface area contributed by atoms with E-state index >= 15 is 0 Å². The van der Waals surface area contributed by atoms with Crippen LogP contribution < -0.4 is 15.0 Å². The maximum atomic E-state index is 14.4. The minimum Gasteiger partial charge on any atom is -0.493 e. The van der Waals surface area contributed by atoms with Crippen LogP contribution in [0.15, 0.2) is 30.3 Å². The Labute approximate surface area is 183 Å². The van der Waals surface area contributed by atoms with Crippen LogP contribution >= 0.6 is 0 Å². The number of carbonyl (C=O) groups excluding carboxylic acids is 1. The van der Waals surface area contributed by atoms with E-state index in [1.165, 1.54) is 11.3 Å². The van der Waals surface area contributed by atoms with Gasteiger partial charge in [-0.1, -0.05) is 18.2 Å². The van der Waals surface area contributed by atoms with Crippen molar-refractivity contribution in [2.24, 2.45) is 0 Å². The van der Waals surface area contributed by atoms with Crippen molar-refractivity contribution in [3.8, 4) is 5.75 Å². The van der Waals surface area contributed by atoms with E-state index < -0.39 is 0 Å². The van der Waals surface area contributed by atoms with Crippen molar-refractivity contribution in [1.82, 2.24) is 4.90 Å². The molecule has 2 atom stereocenters. The summed E-state index contributed by atoms with van der Waals surface area (Å²) >= 11 is 0. The van der Waals surface area contributed by atoms with Gasteiger partial charge in [-0.25, -0.2) is 4.39 Å². The summed E-state index contributed by atoms with van der Waals surface area (Å²) in [7, 11) is 1.94. The Hall–Kier alpha value is -2.60. The normalized spacial score (nSPS) is 21.9. The summed E-state index contributed by atoms with van der Waals surface area (Å²) in [6, 6.07) is 10.2. The fraction of sp³-hybridized carbons (Fsp3) is 0.480. The lowest BCUT2D eigenvalue weighted by molar-refractivity contribution is -0.106. The molecule has 2 unspecified atom stereocenters. The van der Waals surface area contributed by atoms with Crippen molar-refractivity contribution in [3.63, 3.8) is 0 Å². The Morgan fingerprint density at radius 1 is 1.29 bits per heavy atom. The zero-order valence-corrected chi connectivity index (χ0v) is 18.1. The predicted molar refractivity (Wildman–Crippen MR) is 121 cm³/mol. The molecule has 0 radical (unpaired) electrons. The number of rotatable bonds is 7. The van der Waals surface area contributed by atoms with E-state index in [9.17, 15) is 9.18 Å².